The molecule has 7 nitrogen and oxygen atoms in total. The predicted octanol–water partition coefficient (Wildman–Crippen LogP) is -2.35. The summed E-state index contributed by atoms with van der Waals surface area (Å²) in [6.07, 6.45) is 0. The van der Waals surface area contributed by atoms with Crippen molar-refractivity contribution in [3.05, 3.63) is 33.9 Å². The first-order valence-electron chi connectivity index (χ1n) is 4.08. The summed E-state index contributed by atoms with van der Waals surface area (Å²) in [6, 6.07) is 3.37. The van der Waals surface area contributed by atoms with Gasteiger partial charge in [0.1, 0.15) is 5.75 Å². The minimum absolute atomic E-state index is 0. The fourth-order valence-corrected chi connectivity index (χ4v) is 1.78. The van der Waals surface area contributed by atoms with Crippen LogP contribution in [0.2, 0.25) is 0 Å². The molecule has 0 radical (unpaired) electrons. The molecular formula is C8H8NNaO6S. The third-order valence-corrected chi connectivity index (χ3v) is 2.48. The molecule has 1 rings (SSSR count). The molecule has 0 unspecified atom stereocenters. The van der Waals surface area contributed by atoms with E-state index in [1.165, 1.54) is 13.2 Å². The Kier molecular flexibility index (Phi) is 6.06. The van der Waals surface area contributed by atoms with Crippen LogP contribution >= 0.6 is 0 Å². The van der Waals surface area contributed by atoms with Crippen molar-refractivity contribution in [1.82, 2.24) is 0 Å². The van der Waals surface area contributed by atoms with Gasteiger partial charge < -0.3 is 9.29 Å². The number of nitro groups is 1. The molecule has 88 valence electrons. The van der Waals surface area contributed by atoms with Crippen molar-refractivity contribution in [2.75, 3.05) is 7.11 Å². The van der Waals surface area contributed by atoms with Crippen molar-refractivity contribution in [3.63, 3.8) is 0 Å². The second-order valence-corrected chi connectivity index (χ2v) is 4.36. The van der Waals surface area contributed by atoms with E-state index in [1.54, 1.807) is 0 Å². The van der Waals surface area contributed by atoms with E-state index in [2.05, 4.69) is 0 Å². The zero-order valence-electron chi connectivity index (χ0n) is 9.24. The summed E-state index contributed by atoms with van der Waals surface area (Å²) in [4.78, 5) is 9.79. The Bertz CT molecular complexity index is 515. The average Bonchev–Trinajstić information content (AvgIpc) is 2.15. The van der Waals surface area contributed by atoms with Crippen LogP contribution in [-0.2, 0) is 15.9 Å². The maximum Gasteiger partial charge on any atom is 1.00 e. The third kappa shape index (κ3) is 5.00. The smallest absolute Gasteiger partial charge is 0.748 e. The molecule has 0 atom stereocenters. The van der Waals surface area contributed by atoms with Crippen molar-refractivity contribution < 1.29 is 52.2 Å². The van der Waals surface area contributed by atoms with E-state index >= 15 is 0 Å². The fraction of sp³-hybridized carbons (Fsp3) is 0.250. The van der Waals surface area contributed by atoms with E-state index < -0.39 is 20.8 Å². The first-order chi connectivity index (χ1) is 7.33. The predicted molar refractivity (Wildman–Crippen MR) is 53.0 cm³/mol. The van der Waals surface area contributed by atoms with E-state index in [0.717, 1.165) is 12.1 Å². The zero-order chi connectivity index (χ0) is 12.3. The van der Waals surface area contributed by atoms with Crippen LogP contribution in [0.1, 0.15) is 5.56 Å². The van der Waals surface area contributed by atoms with Gasteiger partial charge in [0.25, 0.3) is 5.69 Å². The van der Waals surface area contributed by atoms with Crippen LogP contribution in [0.3, 0.4) is 0 Å². The number of benzene rings is 1. The fourth-order valence-electron chi connectivity index (χ4n) is 1.16. The molecule has 0 aliphatic carbocycles. The Balaban J connectivity index is 0.00000256. The minimum atomic E-state index is -4.44. The maximum absolute atomic E-state index is 10.5. The standard InChI is InChI=1S/C8H9NO6S.Na/c1-15-8-4-7(9(10)11)3-2-6(8)5-16(12,13)14;/h2-4H,5H2,1H3,(H,12,13,14);/q;+1/p-1. The Morgan fingerprint density at radius 3 is 2.41 bits per heavy atom. The number of nitrogens with zero attached hydrogens (tertiary/aromatic N) is 1. The molecule has 0 amide bonds. The summed E-state index contributed by atoms with van der Waals surface area (Å²) in [5.74, 6) is -0.748. The quantitative estimate of drug-likeness (QED) is 0.262. The van der Waals surface area contributed by atoms with Crippen molar-refractivity contribution in [2.24, 2.45) is 0 Å². The Hall–Kier alpha value is -0.670. The van der Waals surface area contributed by atoms with Crippen LogP contribution in [0, 0.1) is 10.1 Å². The average molecular weight is 269 g/mol. The summed E-state index contributed by atoms with van der Waals surface area (Å²) >= 11 is 0. The Morgan fingerprint density at radius 1 is 1.41 bits per heavy atom. The van der Waals surface area contributed by atoms with Crippen LogP contribution in [0.25, 0.3) is 0 Å². The number of nitro benzene ring substituents is 1. The van der Waals surface area contributed by atoms with Crippen molar-refractivity contribution >= 4 is 15.8 Å². The van der Waals surface area contributed by atoms with Crippen molar-refractivity contribution in [3.8, 4) is 5.75 Å². The van der Waals surface area contributed by atoms with Gasteiger partial charge in [-0.05, 0) is 6.07 Å². The molecular weight excluding hydrogens is 261 g/mol. The number of hydrogen-bond acceptors (Lipinski definition) is 6. The molecule has 0 spiro atoms. The summed E-state index contributed by atoms with van der Waals surface area (Å²) in [5, 5.41) is 10.4. The van der Waals surface area contributed by atoms with Gasteiger partial charge in [0.05, 0.1) is 34.0 Å². The summed E-state index contributed by atoms with van der Waals surface area (Å²) < 4.78 is 36.4. The largest absolute Gasteiger partial charge is 1.00 e. The minimum Gasteiger partial charge on any atom is -0.748 e. The van der Waals surface area contributed by atoms with Gasteiger partial charge >= 0.3 is 29.6 Å². The number of non-ortho nitro benzene ring substituents is 1. The zero-order valence-corrected chi connectivity index (χ0v) is 12.1. The number of hydrogen-bond donors (Lipinski definition) is 0. The Labute approximate surface area is 120 Å². The van der Waals surface area contributed by atoms with Crippen LogP contribution in [-0.4, -0.2) is 25.0 Å². The van der Waals surface area contributed by atoms with Gasteiger partial charge in [-0.2, -0.15) is 0 Å². The third-order valence-electron chi connectivity index (χ3n) is 1.81. The molecule has 0 aliphatic heterocycles. The van der Waals surface area contributed by atoms with Crippen molar-refractivity contribution in [1.29, 1.82) is 0 Å². The van der Waals surface area contributed by atoms with Crippen LogP contribution in [0.15, 0.2) is 18.2 Å². The SMILES string of the molecule is COc1cc([N+](=O)[O-])ccc1CS(=O)(=O)[O-].[Na+]. The normalized spacial score (nSPS) is 10.5. The van der Waals surface area contributed by atoms with Gasteiger partial charge in [-0.1, -0.05) is 0 Å². The molecule has 0 bridgehead atoms. The summed E-state index contributed by atoms with van der Waals surface area (Å²) in [7, 11) is -3.21. The van der Waals surface area contributed by atoms with Gasteiger partial charge in [0.15, 0.2) is 0 Å². The second kappa shape index (κ2) is 6.31. The van der Waals surface area contributed by atoms with E-state index in [-0.39, 0.29) is 46.6 Å². The first-order valence-corrected chi connectivity index (χ1v) is 5.66. The topological polar surface area (TPSA) is 110 Å². The molecule has 9 heteroatoms. The van der Waals surface area contributed by atoms with Crippen molar-refractivity contribution in [2.45, 2.75) is 5.75 Å². The molecule has 0 aliphatic rings. The van der Waals surface area contributed by atoms with Gasteiger partial charge in [-0.15, -0.1) is 0 Å². The van der Waals surface area contributed by atoms with Crippen LogP contribution in [0.5, 0.6) is 5.75 Å². The molecule has 0 heterocycles. The van der Waals surface area contributed by atoms with Gasteiger partial charge in [0, 0.05) is 11.6 Å². The molecule has 0 aromatic heterocycles. The molecule has 1 aromatic rings. The van der Waals surface area contributed by atoms with E-state index in [9.17, 15) is 23.1 Å². The number of methoxy groups -OCH3 is 1. The van der Waals surface area contributed by atoms with E-state index in [0.29, 0.717) is 0 Å². The maximum atomic E-state index is 10.5. The molecule has 0 fully saturated rings. The Morgan fingerprint density at radius 2 is 2.00 bits per heavy atom. The van der Waals surface area contributed by atoms with E-state index in [1.807, 2.05) is 0 Å². The first kappa shape index (κ1) is 16.3. The number of ether oxygens (including phenoxy) is 1. The summed E-state index contributed by atoms with van der Waals surface area (Å²) in [6.45, 7) is 0. The van der Waals surface area contributed by atoms with Gasteiger partial charge in [0.2, 0.25) is 0 Å². The molecule has 0 saturated heterocycles. The molecule has 1 aromatic carbocycles. The molecule has 0 N–H and O–H groups in total. The molecule has 17 heavy (non-hydrogen) atoms. The van der Waals surface area contributed by atoms with Crippen LogP contribution in [0.4, 0.5) is 5.69 Å². The summed E-state index contributed by atoms with van der Waals surface area (Å²) in [5.41, 5.74) is -0.132. The van der Waals surface area contributed by atoms with E-state index in [4.69, 9.17) is 4.74 Å². The second-order valence-electron chi connectivity index (χ2n) is 2.96. The van der Waals surface area contributed by atoms with Gasteiger partial charge in [-0.25, -0.2) is 8.42 Å². The molecule has 0 saturated carbocycles. The monoisotopic (exact) mass is 269 g/mol. The number of rotatable bonds is 4. The van der Waals surface area contributed by atoms with Crippen LogP contribution < -0.4 is 34.3 Å². The van der Waals surface area contributed by atoms with Gasteiger partial charge in [-0.3, -0.25) is 10.1 Å².